The van der Waals surface area contributed by atoms with Gasteiger partial charge < -0.3 is 10.1 Å². The number of rotatable bonds is 3. The maximum absolute atomic E-state index is 6.70. The largest absolute Gasteiger partial charge is 0.496 e. The molecule has 0 aliphatic heterocycles. The van der Waals surface area contributed by atoms with Crippen molar-refractivity contribution in [3.63, 3.8) is 0 Å². The Morgan fingerprint density at radius 1 is 1.56 bits per heavy atom. The molecule has 2 heteroatoms. The van der Waals surface area contributed by atoms with Crippen molar-refractivity contribution in [1.82, 2.24) is 0 Å². The van der Waals surface area contributed by atoms with E-state index in [9.17, 15) is 0 Å². The maximum Gasteiger partial charge on any atom is 0.0947 e. The number of hydrogen-bond acceptors (Lipinski definition) is 2. The molecule has 0 saturated carbocycles. The Morgan fingerprint density at radius 2 is 2.11 bits per heavy atom. The maximum atomic E-state index is 6.70. The molecule has 0 radical (unpaired) electrons. The highest BCUT2D eigenvalue weighted by Gasteiger charge is 1.91. The van der Waals surface area contributed by atoms with Crippen molar-refractivity contribution in [3.8, 4) is 0 Å². The highest BCUT2D eigenvalue weighted by molar-refractivity contribution is 5.68. The van der Waals surface area contributed by atoms with Crippen molar-refractivity contribution in [2.45, 2.75) is 26.9 Å². The van der Waals surface area contributed by atoms with Gasteiger partial charge >= 0.3 is 0 Å². The lowest BCUT2D eigenvalue weighted by Crippen LogP contribution is -1.99. The van der Waals surface area contributed by atoms with E-state index in [1.54, 1.807) is 6.08 Å². The molecule has 0 atom stereocenters. The van der Waals surface area contributed by atoms with Crippen LogP contribution in [0.2, 0.25) is 0 Å². The number of hydrogen-bond donors (Lipinski definition) is 1. The van der Waals surface area contributed by atoms with Gasteiger partial charge in [0.2, 0.25) is 0 Å². The third kappa shape index (κ3) is 5.07. The molecule has 0 heterocycles. The fraction of sp³-hybridized carbons (Fsp3) is 0.571. The predicted molar refractivity (Wildman–Crippen MR) is 38.8 cm³/mol. The van der Waals surface area contributed by atoms with Crippen LogP contribution in [0.1, 0.15) is 20.8 Å². The summed E-state index contributed by atoms with van der Waals surface area (Å²) in [4.78, 5) is 0. The molecule has 0 rings (SSSR count). The van der Waals surface area contributed by atoms with E-state index >= 15 is 0 Å². The summed E-state index contributed by atoms with van der Waals surface area (Å²) in [7, 11) is 0. The van der Waals surface area contributed by atoms with Gasteiger partial charge in [-0.15, -0.1) is 0 Å². The molecule has 9 heavy (non-hydrogen) atoms. The van der Waals surface area contributed by atoms with Crippen LogP contribution in [0.3, 0.4) is 0 Å². The summed E-state index contributed by atoms with van der Waals surface area (Å²) in [6, 6.07) is 0. The van der Waals surface area contributed by atoms with Gasteiger partial charge in [0.15, 0.2) is 0 Å². The average molecular weight is 127 g/mol. The molecular weight excluding hydrogens is 114 g/mol. The molecule has 0 aliphatic rings. The van der Waals surface area contributed by atoms with Crippen LogP contribution in [0.25, 0.3) is 0 Å². The quantitative estimate of drug-likeness (QED) is 0.456. The molecule has 2 nitrogen and oxygen atoms in total. The lowest BCUT2D eigenvalue weighted by molar-refractivity contribution is 0.149. The van der Waals surface area contributed by atoms with E-state index in [1.165, 1.54) is 6.21 Å². The molecule has 0 spiro atoms. The third-order valence-electron chi connectivity index (χ3n) is 0.740. The first-order valence-corrected chi connectivity index (χ1v) is 3.01. The third-order valence-corrected chi connectivity index (χ3v) is 0.740. The second-order valence-corrected chi connectivity index (χ2v) is 2.11. The van der Waals surface area contributed by atoms with Gasteiger partial charge in [-0.25, -0.2) is 0 Å². The first kappa shape index (κ1) is 8.21. The molecule has 0 aromatic heterocycles. The van der Waals surface area contributed by atoms with Crippen molar-refractivity contribution >= 4 is 6.21 Å². The minimum absolute atomic E-state index is 0.209. The Morgan fingerprint density at radius 3 is 2.44 bits per heavy atom. The van der Waals surface area contributed by atoms with Gasteiger partial charge in [-0.3, -0.25) is 0 Å². The molecule has 52 valence electrons. The monoisotopic (exact) mass is 127 g/mol. The molecule has 0 amide bonds. The Kier molecular flexibility index (Phi) is 3.76. The zero-order chi connectivity index (χ0) is 7.28. The van der Waals surface area contributed by atoms with Gasteiger partial charge in [0.25, 0.3) is 0 Å². The van der Waals surface area contributed by atoms with E-state index in [0.717, 1.165) is 5.76 Å². The Hall–Kier alpha value is -0.790. The first-order valence-electron chi connectivity index (χ1n) is 3.01. The summed E-state index contributed by atoms with van der Waals surface area (Å²) in [5.74, 6) is 0.792. The number of allylic oxidation sites excluding steroid dienone is 2. The zero-order valence-corrected chi connectivity index (χ0v) is 6.14. The van der Waals surface area contributed by atoms with Crippen LogP contribution in [0, 0.1) is 5.41 Å². The number of ether oxygens (including phenoxy) is 1. The molecule has 1 N–H and O–H groups in total. The van der Waals surface area contributed by atoms with Gasteiger partial charge in [-0.05, 0) is 26.8 Å². The normalized spacial score (nSPS) is 11.8. The Labute approximate surface area is 56.0 Å². The van der Waals surface area contributed by atoms with E-state index in [-0.39, 0.29) is 6.10 Å². The molecule has 0 aromatic carbocycles. The van der Waals surface area contributed by atoms with E-state index in [2.05, 4.69) is 0 Å². The average Bonchev–Trinajstić information content (AvgIpc) is 1.63. The van der Waals surface area contributed by atoms with Crippen LogP contribution in [-0.4, -0.2) is 12.3 Å². The molecular formula is C7H13NO. The van der Waals surface area contributed by atoms with Crippen LogP contribution in [0.5, 0.6) is 0 Å². The highest BCUT2D eigenvalue weighted by atomic mass is 16.5. The van der Waals surface area contributed by atoms with Crippen LogP contribution < -0.4 is 0 Å². The van der Waals surface area contributed by atoms with Crippen molar-refractivity contribution in [2.75, 3.05) is 0 Å². The van der Waals surface area contributed by atoms with Crippen LogP contribution in [0.15, 0.2) is 11.8 Å². The minimum Gasteiger partial charge on any atom is -0.496 e. The van der Waals surface area contributed by atoms with E-state index in [1.807, 2.05) is 20.8 Å². The minimum atomic E-state index is 0.209. The lowest BCUT2D eigenvalue weighted by Gasteiger charge is -2.07. The lowest BCUT2D eigenvalue weighted by atomic mass is 10.4. The molecule has 0 fully saturated rings. The standard InChI is InChI=1S/C7H13NO/c1-6(2)9-7(3)4-5-8/h4-6,8H,1-3H3/b7-4+,8-5?. The van der Waals surface area contributed by atoms with Crippen LogP contribution >= 0.6 is 0 Å². The summed E-state index contributed by atoms with van der Waals surface area (Å²) in [5, 5.41) is 6.70. The summed E-state index contributed by atoms with van der Waals surface area (Å²) < 4.78 is 5.20. The van der Waals surface area contributed by atoms with Crippen molar-refractivity contribution < 1.29 is 4.74 Å². The highest BCUT2D eigenvalue weighted by Crippen LogP contribution is 1.98. The zero-order valence-electron chi connectivity index (χ0n) is 6.14. The first-order chi connectivity index (χ1) is 4.16. The van der Waals surface area contributed by atoms with Gasteiger partial charge in [-0.2, -0.15) is 0 Å². The van der Waals surface area contributed by atoms with Crippen LogP contribution in [-0.2, 0) is 4.74 Å². The fourth-order valence-corrected chi connectivity index (χ4v) is 0.528. The van der Waals surface area contributed by atoms with Crippen LogP contribution in [0.4, 0.5) is 0 Å². The molecule has 0 aliphatic carbocycles. The molecule has 0 saturated heterocycles. The van der Waals surface area contributed by atoms with Gasteiger partial charge in [0, 0.05) is 6.21 Å². The Bertz CT molecular complexity index is 116. The smallest absolute Gasteiger partial charge is 0.0947 e. The van der Waals surface area contributed by atoms with E-state index < -0.39 is 0 Å². The summed E-state index contributed by atoms with van der Waals surface area (Å²) in [5.41, 5.74) is 0. The number of nitrogens with one attached hydrogen (secondary N) is 1. The summed E-state index contributed by atoms with van der Waals surface area (Å²) in [6.07, 6.45) is 3.05. The summed E-state index contributed by atoms with van der Waals surface area (Å²) >= 11 is 0. The second-order valence-electron chi connectivity index (χ2n) is 2.11. The summed E-state index contributed by atoms with van der Waals surface area (Å²) in [6.45, 7) is 5.76. The van der Waals surface area contributed by atoms with Crippen molar-refractivity contribution in [1.29, 1.82) is 5.41 Å². The predicted octanol–water partition coefficient (Wildman–Crippen LogP) is 1.96. The van der Waals surface area contributed by atoms with Gasteiger partial charge in [0.1, 0.15) is 0 Å². The molecule has 0 unspecified atom stereocenters. The van der Waals surface area contributed by atoms with E-state index in [0.29, 0.717) is 0 Å². The van der Waals surface area contributed by atoms with Crippen molar-refractivity contribution in [3.05, 3.63) is 11.8 Å². The van der Waals surface area contributed by atoms with Crippen molar-refractivity contribution in [2.24, 2.45) is 0 Å². The second kappa shape index (κ2) is 4.13. The molecule has 0 aromatic rings. The van der Waals surface area contributed by atoms with E-state index in [4.69, 9.17) is 10.1 Å². The molecule has 0 bridgehead atoms. The topological polar surface area (TPSA) is 33.1 Å². The van der Waals surface area contributed by atoms with Gasteiger partial charge in [-0.1, -0.05) is 0 Å². The van der Waals surface area contributed by atoms with Gasteiger partial charge in [0.05, 0.1) is 11.9 Å². The SMILES string of the molecule is C/C(=C\C=N)OC(C)C. The fourth-order valence-electron chi connectivity index (χ4n) is 0.528. The Balaban J connectivity index is 3.61.